The summed E-state index contributed by atoms with van der Waals surface area (Å²) in [6.45, 7) is 5.82. The first-order valence-corrected chi connectivity index (χ1v) is 8.07. The van der Waals surface area contributed by atoms with Crippen LogP contribution < -0.4 is 0 Å². The maximum absolute atomic E-state index is 16.4. The fourth-order valence-electron chi connectivity index (χ4n) is 3.47. The molecule has 0 spiro atoms. The number of aryl methyl sites for hydroxylation is 2. The molecule has 0 saturated heterocycles. The Balaban J connectivity index is 2.30. The lowest BCUT2D eigenvalue weighted by atomic mass is 9.63. The van der Waals surface area contributed by atoms with E-state index in [-0.39, 0.29) is 0 Å². The lowest BCUT2D eigenvalue weighted by Gasteiger charge is -2.43. The zero-order chi connectivity index (χ0) is 16.7. The van der Waals surface area contributed by atoms with Gasteiger partial charge in [0.15, 0.2) is 5.67 Å². The van der Waals surface area contributed by atoms with Crippen molar-refractivity contribution in [3.63, 3.8) is 0 Å². The molecule has 0 aliphatic heterocycles. The third-order valence-corrected chi connectivity index (χ3v) is 4.99. The summed E-state index contributed by atoms with van der Waals surface area (Å²) in [4.78, 5) is 0. The minimum Gasteiger partial charge on any atom is -0.232 e. The van der Waals surface area contributed by atoms with Gasteiger partial charge in [0.25, 0.3) is 0 Å². The molecule has 117 valence electrons. The Bertz CT molecular complexity index is 805. The molecule has 1 radical (unpaired) electrons. The zero-order valence-electron chi connectivity index (χ0n) is 13.5. The molecule has 3 rings (SSSR count). The van der Waals surface area contributed by atoms with Crippen molar-refractivity contribution in [1.29, 1.82) is 0 Å². The number of benzene rings is 2. The van der Waals surface area contributed by atoms with E-state index in [1.54, 1.807) is 6.08 Å². The van der Waals surface area contributed by atoms with Crippen molar-refractivity contribution in [2.45, 2.75) is 31.9 Å². The fraction of sp³-hybridized carbons (Fsp3) is 0.238. The Morgan fingerprint density at radius 1 is 0.913 bits per heavy atom. The molecule has 0 saturated carbocycles. The molecule has 0 fully saturated rings. The van der Waals surface area contributed by atoms with E-state index >= 15 is 4.39 Å². The van der Waals surface area contributed by atoms with Crippen LogP contribution >= 0.6 is 11.6 Å². The van der Waals surface area contributed by atoms with Crippen molar-refractivity contribution in [3.05, 3.63) is 94.0 Å². The van der Waals surface area contributed by atoms with Gasteiger partial charge in [-0.05, 0) is 49.1 Å². The summed E-state index contributed by atoms with van der Waals surface area (Å²) < 4.78 is 16.4. The number of hydrogen-bond acceptors (Lipinski definition) is 0. The van der Waals surface area contributed by atoms with Gasteiger partial charge in [0, 0.05) is 11.1 Å². The number of hydrogen-bond donors (Lipinski definition) is 0. The molecule has 2 aromatic carbocycles. The van der Waals surface area contributed by atoms with Crippen molar-refractivity contribution >= 4 is 11.6 Å². The van der Waals surface area contributed by atoms with Gasteiger partial charge in [-0.1, -0.05) is 66.2 Å². The van der Waals surface area contributed by atoms with E-state index in [4.69, 9.17) is 11.6 Å². The first kappa shape index (κ1) is 16.0. The molecule has 2 unspecified atom stereocenters. The first-order chi connectivity index (χ1) is 10.9. The van der Waals surface area contributed by atoms with Crippen LogP contribution in [-0.4, -0.2) is 0 Å². The molecule has 1 aliphatic carbocycles. The quantitative estimate of drug-likeness (QED) is 0.642. The molecule has 0 amide bonds. The summed E-state index contributed by atoms with van der Waals surface area (Å²) in [6, 6.07) is 15.4. The van der Waals surface area contributed by atoms with Crippen LogP contribution in [0.3, 0.4) is 0 Å². The van der Waals surface area contributed by atoms with Crippen LogP contribution in [0.15, 0.2) is 65.7 Å². The molecule has 0 N–H and O–H groups in total. The van der Waals surface area contributed by atoms with Gasteiger partial charge in [0.1, 0.15) is 0 Å². The predicted molar refractivity (Wildman–Crippen MR) is 94.2 cm³/mol. The van der Waals surface area contributed by atoms with Gasteiger partial charge in [-0.25, -0.2) is 4.39 Å². The first-order valence-electron chi connectivity index (χ1n) is 7.69. The van der Waals surface area contributed by atoms with Crippen molar-refractivity contribution in [1.82, 2.24) is 0 Å². The van der Waals surface area contributed by atoms with Crippen LogP contribution in [0.25, 0.3) is 0 Å². The third-order valence-electron chi connectivity index (χ3n) is 4.77. The van der Waals surface area contributed by atoms with E-state index in [1.807, 2.05) is 69.3 Å². The highest BCUT2D eigenvalue weighted by atomic mass is 35.5. The molecule has 2 heteroatoms. The van der Waals surface area contributed by atoms with Gasteiger partial charge in [0.05, 0.1) is 5.41 Å². The fourth-order valence-corrected chi connectivity index (χ4v) is 3.74. The summed E-state index contributed by atoms with van der Waals surface area (Å²) in [5.41, 5.74) is 0.795. The van der Waals surface area contributed by atoms with Gasteiger partial charge in [-0.3, -0.25) is 0 Å². The number of allylic oxidation sites excluding steroid dienone is 4. The maximum Gasteiger partial charge on any atom is 0.174 e. The van der Waals surface area contributed by atoms with Crippen LogP contribution in [0, 0.1) is 19.9 Å². The summed E-state index contributed by atoms with van der Waals surface area (Å²) in [5.74, 6) is 0. The van der Waals surface area contributed by atoms with E-state index in [0.29, 0.717) is 10.6 Å². The molecule has 0 heterocycles. The number of halogens is 2. The molecular weight excluding hydrogens is 307 g/mol. The Hall–Kier alpha value is -1.86. The molecule has 23 heavy (non-hydrogen) atoms. The highest BCUT2D eigenvalue weighted by Gasteiger charge is 2.51. The van der Waals surface area contributed by atoms with E-state index in [1.165, 1.54) is 6.08 Å². The van der Waals surface area contributed by atoms with Gasteiger partial charge in [-0.15, -0.1) is 0 Å². The Morgan fingerprint density at radius 2 is 1.43 bits per heavy atom. The van der Waals surface area contributed by atoms with Crippen molar-refractivity contribution < 1.29 is 4.39 Å². The molecule has 0 nitrogen and oxygen atoms in total. The SMILES string of the molecule is Cc1ccccc1C1(F)[C]=CC(Cl)=CC1(C)c1ccccc1C. The minimum atomic E-state index is -1.77. The number of rotatable bonds is 2. The number of alkyl halides is 1. The highest BCUT2D eigenvalue weighted by Crippen LogP contribution is 2.51. The molecule has 0 bridgehead atoms. The summed E-state index contributed by atoms with van der Waals surface area (Å²) in [5, 5.41) is 0.512. The second-order valence-corrected chi connectivity index (χ2v) is 6.74. The lowest BCUT2D eigenvalue weighted by Crippen LogP contribution is -2.44. The third kappa shape index (κ3) is 2.44. The van der Waals surface area contributed by atoms with E-state index in [0.717, 1.165) is 16.7 Å². The molecule has 2 aromatic rings. The zero-order valence-corrected chi connectivity index (χ0v) is 14.3. The summed E-state index contributed by atoms with van der Waals surface area (Å²) >= 11 is 6.23. The smallest absolute Gasteiger partial charge is 0.174 e. The summed E-state index contributed by atoms with van der Waals surface area (Å²) in [6.07, 6.45) is 6.27. The van der Waals surface area contributed by atoms with Gasteiger partial charge < -0.3 is 0 Å². The van der Waals surface area contributed by atoms with Crippen molar-refractivity contribution in [2.75, 3.05) is 0 Å². The Kier molecular flexibility index (Phi) is 3.93. The molecule has 1 aliphatic rings. The average Bonchev–Trinajstić information content (AvgIpc) is 2.52. The topological polar surface area (TPSA) is 0 Å². The Morgan fingerprint density at radius 3 is 2.00 bits per heavy atom. The monoisotopic (exact) mass is 325 g/mol. The van der Waals surface area contributed by atoms with Crippen molar-refractivity contribution in [2.24, 2.45) is 0 Å². The minimum absolute atomic E-state index is 0.512. The van der Waals surface area contributed by atoms with E-state index in [2.05, 4.69) is 6.08 Å². The van der Waals surface area contributed by atoms with Crippen LogP contribution in [0.5, 0.6) is 0 Å². The van der Waals surface area contributed by atoms with Gasteiger partial charge in [-0.2, -0.15) is 0 Å². The van der Waals surface area contributed by atoms with Crippen LogP contribution in [0.1, 0.15) is 29.2 Å². The second-order valence-electron chi connectivity index (χ2n) is 6.31. The van der Waals surface area contributed by atoms with Gasteiger partial charge in [0.2, 0.25) is 0 Å². The van der Waals surface area contributed by atoms with Gasteiger partial charge >= 0.3 is 0 Å². The summed E-state index contributed by atoms with van der Waals surface area (Å²) in [7, 11) is 0. The molecule has 2 atom stereocenters. The lowest BCUT2D eigenvalue weighted by molar-refractivity contribution is 0.132. The van der Waals surface area contributed by atoms with Crippen LogP contribution in [-0.2, 0) is 11.1 Å². The largest absolute Gasteiger partial charge is 0.232 e. The molecular formula is C21H19ClF. The standard InChI is InChI=1S/C21H19ClF/c1-15-8-4-6-10-18(15)20(3)14-17(22)12-13-21(20,23)19-11-7-5-9-16(19)2/h4-12,14H,1-3H3. The molecule has 0 aromatic heterocycles. The van der Waals surface area contributed by atoms with Crippen LogP contribution in [0.2, 0.25) is 0 Å². The highest BCUT2D eigenvalue weighted by molar-refractivity contribution is 6.31. The van der Waals surface area contributed by atoms with E-state index in [9.17, 15) is 0 Å². The average molecular weight is 326 g/mol. The predicted octanol–water partition coefficient (Wildman–Crippen LogP) is 5.92. The van der Waals surface area contributed by atoms with Crippen LogP contribution in [0.4, 0.5) is 4.39 Å². The normalized spacial score (nSPS) is 26.9. The maximum atomic E-state index is 16.4. The Labute approximate surface area is 142 Å². The second kappa shape index (κ2) is 5.65. The van der Waals surface area contributed by atoms with E-state index < -0.39 is 11.1 Å². The van der Waals surface area contributed by atoms with Crippen molar-refractivity contribution in [3.8, 4) is 0 Å².